The summed E-state index contributed by atoms with van der Waals surface area (Å²) in [4.78, 5) is 0.0627. The smallest absolute Gasteiger partial charge is 0.242 e. The van der Waals surface area contributed by atoms with Crippen LogP contribution in [0.4, 0.5) is 11.4 Å². The van der Waals surface area contributed by atoms with Crippen LogP contribution in [0.1, 0.15) is 6.42 Å². The molecule has 0 aliphatic rings. The number of rotatable bonds is 6. The highest BCUT2D eigenvalue weighted by molar-refractivity contribution is 7.89. The highest BCUT2D eigenvalue weighted by atomic mass is 32.2. The predicted molar refractivity (Wildman–Crippen MR) is 67.3 cm³/mol. The minimum Gasteiger partial charge on any atom is -0.398 e. The molecule has 0 aliphatic carbocycles. The molecule has 0 radical (unpaired) electrons. The Morgan fingerprint density at radius 3 is 2.65 bits per heavy atom. The number of aliphatic hydroxyl groups is 1. The molecule has 0 amide bonds. The van der Waals surface area contributed by atoms with Crippen LogP contribution in [0.5, 0.6) is 0 Å². The number of sulfonamides is 1. The van der Waals surface area contributed by atoms with E-state index in [-0.39, 0.29) is 17.2 Å². The maximum absolute atomic E-state index is 11.5. The van der Waals surface area contributed by atoms with Gasteiger partial charge in [-0.05, 0) is 31.7 Å². The van der Waals surface area contributed by atoms with Crippen molar-refractivity contribution in [3.63, 3.8) is 0 Å². The van der Waals surface area contributed by atoms with Gasteiger partial charge in [-0.15, -0.1) is 0 Å². The van der Waals surface area contributed by atoms with E-state index in [0.717, 1.165) is 5.69 Å². The second-order valence-corrected chi connectivity index (χ2v) is 5.32. The molecule has 6 nitrogen and oxygen atoms in total. The first-order chi connectivity index (χ1) is 8.01. The van der Waals surface area contributed by atoms with Gasteiger partial charge >= 0.3 is 0 Å². The largest absolute Gasteiger partial charge is 0.398 e. The van der Waals surface area contributed by atoms with Crippen LogP contribution in [0, 0.1) is 0 Å². The van der Waals surface area contributed by atoms with Crippen LogP contribution in [0.2, 0.25) is 0 Å². The molecule has 1 aromatic rings. The molecule has 0 heterocycles. The van der Waals surface area contributed by atoms with Gasteiger partial charge in [0, 0.05) is 18.8 Å². The number of anilines is 2. The standard InChI is InChI=1S/C10H17N3O3S/c1-12-17(15,16)10-4-3-8(7-9(10)11)13-5-2-6-14/h3-4,7,12-14H,2,5-6,11H2,1H3. The summed E-state index contributed by atoms with van der Waals surface area (Å²) in [7, 11) is -2.18. The molecule has 0 aliphatic heterocycles. The minimum atomic E-state index is -3.51. The molecule has 0 unspecified atom stereocenters. The fraction of sp³-hybridized carbons (Fsp3) is 0.400. The van der Waals surface area contributed by atoms with Gasteiger partial charge in [-0.3, -0.25) is 0 Å². The number of nitrogens with two attached hydrogens (primary N) is 1. The van der Waals surface area contributed by atoms with Crippen molar-refractivity contribution in [2.24, 2.45) is 0 Å². The van der Waals surface area contributed by atoms with E-state index in [9.17, 15) is 8.42 Å². The Morgan fingerprint density at radius 2 is 2.12 bits per heavy atom. The van der Waals surface area contributed by atoms with Gasteiger partial charge < -0.3 is 16.2 Å². The van der Waals surface area contributed by atoms with E-state index in [0.29, 0.717) is 13.0 Å². The van der Waals surface area contributed by atoms with Crippen molar-refractivity contribution in [3.05, 3.63) is 18.2 Å². The van der Waals surface area contributed by atoms with E-state index in [1.54, 1.807) is 12.1 Å². The van der Waals surface area contributed by atoms with Crippen molar-refractivity contribution in [1.29, 1.82) is 0 Å². The summed E-state index contributed by atoms with van der Waals surface area (Å²) >= 11 is 0. The highest BCUT2D eigenvalue weighted by Gasteiger charge is 2.14. The molecule has 1 rings (SSSR count). The zero-order chi connectivity index (χ0) is 12.9. The van der Waals surface area contributed by atoms with E-state index in [1.807, 2.05) is 0 Å². The number of aliphatic hydroxyl groups excluding tert-OH is 1. The van der Waals surface area contributed by atoms with E-state index < -0.39 is 10.0 Å². The van der Waals surface area contributed by atoms with Crippen LogP contribution in [0.15, 0.2) is 23.1 Å². The average molecular weight is 259 g/mol. The summed E-state index contributed by atoms with van der Waals surface area (Å²) in [5.74, 6) is 0. The maximum atomic E-state index is 11.5. The highest BCUT2D eigenvalue weighted by Crippen LogP contribution is 2.22. The van der Waals surface area contributed by atoms with E-state index in [2.05, 4.69) is 10.0 Å². The lowest BCUT2D eigenvalue weighted by molar-refractivity contribution is 0.292. The van der Waals surface area contributed by atoms with Gasteiger partial charge in [-0.1, -0.05) is 0 Å². The second kappa shape index (κ2) is 5.85. The Bertz CT molecular complexity index is 474. The molecule has 96 valence electrons. The lowest BCUT2D eigenvalue weighted by atomic mass is 10.3. The second-order valence-electron chi connectivity index (χ2n) is 3.46. The fourth-order valence-corrected chi connectivity index (χ4v) is 2.16. The quantitative estimate of drug-likeness (QED) is 0.424. The number of benzene rings is 1. The third-order valence-corrected chi connectivity index (χ3v) is 3.72. The summed E-state index contributed by atoms with van der Waals surface area (Å²) in [5.41, 5.74) is 6.59. The molecular formula is C10H17N3O3S. The van der Waals surface area contributed by atoms with Crippen molar-refractivity contribution < 1.29 is 13.5 Å². The molecular weight excluding hydrogens is 242 g/mol. The first kappa shape index (κ1) is 13.8. The Kier molecular flexibility index (Phi) is 4.73. The molecule has 17 heavy (non-hydrogen) atoms. The molecule has 1 aromatic carbocycles. The van der Waals surface area contributed by atoms with Crippen molar-refractivity contribution in [1.82, 2.24) is 4.72 Å². The summed E-state index contributed by atoms with van der Waals surface area (Å²) < 4.78 is 25.3. The lowest BCUT2D eigenvalue weighted by Crippen LogP contribution is -2.20. The Labute approximate surface area is 101 Å². The van der Waals surface area contributed by atoms with Crippen molar-refractivity contribution >= 4 is 21.4 Å². The first-order valence-electron chi connectivity index (χ1n) is 5.19. The molecule has 5 N–H and O–H groups in total. The number of hydrogen-bond donors (Lipinski definition) is 4. The van der Waals surface area contributed by atoms with E-state index in [4.69, 9.17) is 10.8 Å². The monoisotopic (exact) mass is 259 g/mol. The van der Waals surface area contributed by atoms with Crippen LogP contribution < -0.4 is 15.8 Å². The topological polar surface area (TPSA) is 104 Å². The zero-order valence-electron chi connectivity index (χ0n) is 9.60. The van der Waals surface area contributed by atoms with Crippen molar-refractivity contribution in [2.75, 3.05) is 31.2 Å². The van der Waals surface area contributed by atoms with Crippen molar-refractivity contribution in [3.8, 4) is 0 Å². The summed E-state index contributed by atoms with van der Waals surface area (Å²) in [6, 6.07) is 4.64. The van der Waals surface area contributed by atoms with Crippen LogP contribution in [-0.2, 0) is 10.0 Å². The Hall–Kier alpha value is -1.31. The van der Waals surface area contributed by atoms with Gasteiger partial charge in [0.15, 0.2) is 0 Å². The number of hydrogen-bond acceptors (Lipinski definition) is 5. The predicted octanol–water partition coefficient (Wildman–Crippen LogP) is -0.0288. The molecule has 0 fully saturated rings. The van der Waals surface area contributed by atoms with Crippen LogP contribution >= 0.6 is 0 Å². The third kappa shape index (κ3) is 3.58. The third-order valence-electron chi connectivity index (χ3n) is 2.23. The number of nitrogens with one attached hydrogen (secondary N) is 2. The molecule has 7 heteroatoms. The molecule has 0 aromatic heterocycles. The summed E-state index contributed by atoms with van der Waals surface area (Å²) in [5, 5.41) is 11.7. The SMILES string of the molecule is CNS(=O)(=O)c1ccc(NCCCO)cc1N. The average Bonchev–Trinajstić information content (AvgIpc) is 2.29. The van der Waals surface area contributed by atoms with Crippen molar-refractivity contribution in [2.45, 2.75) is 11.3 Å². The van der Waals surface area contributed by atoms with E-state index in [1.165, 1.54) is 13.1 Å². The van der Waals surface area contributed by atoms with Crippen LogP contribution in [0.25, 0.3) is 0 Å². The summed E-state index contributed by atoms with van der Waals surface area (Å²) in [6.07, 6.45) is 0.621. The first-order valence-corrected chi connectivity index (χ1v) is 6.67. The van der Waals surface area contributed by atoms with E-state index >= 15 is 0 Å². The number of nitrogen functional groups attached to an aromatic ring is 1. The molecule has 0 spiro atoms. The molecule has 0 atom stereocenters. The minimum absolute atomic E-state index is 0.0627. The zero-order valence-corrected chi connectivity index (χ0v) is 10.4. The van der Waals surface area contributed by atoms with Gasteiger partial charge in [-0.25, -0.2) is 13.1 Å². The van der Waals surface area contributed by atoms with Gasteiger partial charge in [0.05, 0.1) is 5.69 Å². The normalized spacial score (nSPS) is 11.4. The van der Waals surface area contributed by atoms with Crippen LogP contribution in [0.3, 0.4) is 0 Å². The Morgan fingerprint density at radius 1 is 1.41 bits per heavy atom. The lowest BCUT2D eigenvalue weighted by Gasteiger charge is -2.10. The molecule has 0 saturated carbocycles. The van der Waals surface area contributed by atoms with Gasteiger partial charge in [0.2, 0.25) is 10.0 Å². The Balaban J connectivity index is 2.87. The molecule has 0 bridgehead atoms. The maximum Gasteiger partial charge on any atom is 0.242 e. The summed E-state index contributed by atoms with van der Waals surface area (Å²) in [6.45, 7) is 0.711. The fourth-order valence-electron chi connectivity index (χ4n) is 1.32. The van der Waals surface area contributed by atoms with Gasteiger partial charge in [-0.2, -0.15) is 0 Å². The van der Waals surface area contributed by atoms with Crippen LogP contribution in [-0.4, -0.2) is 33.7 Å². The van der Waals surface area contributed by atoms with Gasteiger partial charge in [0.1, 0.15) is 4.90 Å². The molecule has 0 saturated heterocycles. The van der Waals surface area contributed by atoms with Gasteiger partial charge in [0.25, 0.3) is 0 Å².